The number of hydrogen-bond acceptors (Lipinski definition) is 4. The molecule has 1 aromatic heterocycles. The molecule has 0 fully saturated rings. The van der Waals surface area contributed by atoms with E-state index in [0.29, 0.717) is 11.6 Å². The molecule has 0 saturated heterocycles. The SMILES string of the molecule is Cc1ccc(Nc2ccc(N)nn2)cc1C. The third kappa shape index (κ3) is 2.28. The van der Waals surface area contributed by atoms with E-state index in [9.17, 15) is 0 Å². The highest BCUT2D eigenvalue weighted by atomic mass is 15.2. The number of rotatable bonds is 2. The molecule has 4 heteroatoms. The van der Waals surface area contributed by atoms with Crippen LogP contribution >= 0.6 is 0 Å². The summed E-state index contributed by atoms with van der Waals surface area (Å²) in [5.74, 6) is 1.11. The van der Waals surface area contributed by atoms with E-state index in [1.165, 1.54) is 11.1 Å². The van der Waals surface area contributed by atoms with Gasteiger partial charge in [-0.15, -0.1) is 10.2 Å². The first-order chi connectivity index (χ1) is 7.65. The molecule has 4 nitrogen and oxygen atoms in total. The van der Waals surface area contributed by atoms with Gasteiger partial charge in [-0.2, -0.15) is 0 Å². The fourth-order valence-electron chi connectivity index (χ4n) is 1.38. The molecule has 0 aliphatic heterocycles. The summed E-state index contributed by atoms with van der Waals surface area (Å²) in [6.07, 6.45) is 0. The topological polar surface area (TPSA) is 63.8 Å². The predicted octanol–water partition coefficient (Wildman–Crippen LogP) is 2.42. The number of aryl methyl sites for hydroxylation is 2. The molecule has 0 unspecified atom stereocenters. The van der Waals surface area contributed by atoms with Crippen molar-refractivity contribution in [2.45, 2.75) is 13.8 Å². The molecule has 3 N–H and O–H groups in total. The molecule has 0 amide bonds. The van der Waals surface area contributed by atoms with Gasteiger partial charge in [-0.25, -0.2) is 0 Å². The summed E-state index contributed by atoms with van der Waals surface area (Å²) in [6, 6.07) is 9.68. The van der Waals surface area contributed by atoms with Crippen LogP contribution < -0.4 is 11.1 Å². The second-order valence-electron chi connectivity index (χ2n) is 3.77. The number of nitrogens with two attached hydrogens (primary N) is 1. The molecular formula is C12H14N4. The lowest BCUT2D eigenvalue weighted by Gasteiger charge is -2.07. The Hall–Kier alpha value is -2.10. The molecule has 16 heavy (non-hydrogen) atoms. The van der Waals surface area contributed by atoms with Gasteiger partial charge in [-0.1, -0.05) is 6.07 Å². The number of aromatic nitrogens is 2. The van der Waals surface area contributed by atoms with E-state index in [2.05, 4.69) is 41.5 Å². The number of nitrogen functional groups attached to an aromatic ring is 1. The Morgan fingerprint density at radius 1 is 1.00 bits per heavy atom. The maximum Gasteiger partial charge on any atom is 0.153 e. The van der Waals surface area contributed by atoms with Gasteiger partial charge >= 0.3 is 0 Å². The van der Waals surface area contributed by atoms with Gasteiger partial charge in [0.2, 0.25) is 0 Å². The Morgan fingerprint density at radius 2 is 1.81 bits per heavy atom. The van der Waals surface area contributed by atoms with Crippen LogP contribution in [0.25, 0.3) is 0 Å². The lowest BCUT2D eigenvalue weighted by molar-refractivity contribution is 1.05. The van der Waals surface area contributed by atoms with E-state index >= 15 is 0 Å². The molecule has 0 bridgehead atoms. The second kappa shape index (κ2) is 4.18. The van der Waals surface area contributed by atoms with Crippen molar-refractivity contribution in [3.63, 3.8) is 0 Å². The molecule has 2 rings (SSSR count). The smallest absolute Gasteiger partial charge is 0.153 e. The number of nitrogens with zero attached hydrogens (tertiary/aromatic N) is 2. The fourth-order valence-corrected chi connectivity index (χ4v) is 1.38. The van der Waals surface area contributed by atoms with Crippen LogP contribution in [-0.4, -0.2) is 10.2 Å². The van der Waals surface area contributed by atoms with Crippen LogP contribution in [0.3, 0.4) is 0 Å². The number of nitrogens with one attached hydrogen (secondary N) is 1. The van der Waals surface area contributed by atoms with Crippen molar-refractivity contribution in [3.8, 4) is 0 Å². The summed E-state index contributed by atoms with van der Waals surface area (Å²) >= 11 is 0. The summed E-state index contributed by atoms with van der Waals surface area (Å²) in [5, 5.41) is 10.9. The van der Waals surface area contributed by atoms with Crippen molar-refractivity contribution in [1.82, 2.24) is 10.2 Å². The minimum atomic E-state index is 0.422. The van der Waals surface area contributed by atoms with Crippen LogP contribution in [0.5, 0.6) is 0 Å². The highest BCUT2D eigenvalue weighted by Gasteiger charge is 1.98. The van der Waals surface area contributed by atoms with Gasteiger partial charge < -0.3 is 11.1 Å². The van der Waals surface area contributed by atoms with Crippen LogP contribution in [0.1, 0.15) is 11.1 Å². The summed E-state index contributed by atoms with van der Waals surface area (Å²) in [4.78, 5) is 0. The van der Waals surface area contributed by atoms with Gasteiger partial charge in [0.25, 0.3) is 0 Å². The normalized spacial score (nSPS) is 10.1. The molecule has 82 valence electrons. The first-order valence-corrected chi connectivity index (χ1v) is 5.08. The van der Waals surface area contributed by atoms with E-state index in [1.807, 2.05) is 6.07 Å². The third-order valence-corrected chi connectivity index (χ3v) is 2.46. The lowest BCUT2D eigenvalue weighted by Crippen LogP contribution is -1.98. The average Bonchev–Trinajstić information content (AvgIpc) is 2.27. The van der Waals surface area contributed by atoms with E-state index < -0.39 is 0 Å². The van der Waals surface area contributed by atoms with Crippen LogP contribution in [-0.2, 0) is 0 Å². The Balaban J connectivity index is 2.20. The molecule has 0 spiro atoms. The summed E-state index contributed by atoms with van der Waals surface area (Å²) in [5.41, 5.74) is 8.98. The zero-order chi connectivity index (χ0) is 11.5. The van der Waals surface area contributed by atoms with Gasteiger partial charge in [0.15, 0.2) is 5.82 Å². The van der Waals surface area contributed by atoms with E-state index in [-0.39, 0.29) is 0 Å². The standard InChI is InChI=1S/C12H14N4/c1-8-3-4-10(7-9(8)2)14-12-6-5-11(13)15-16-12/h3-7H,1-2H3,(H2,13,15)(H,14,16). The highest BCUT2D eigenvalue weighted by Crippen LogP contribution is 2.17. The Labute approximate surface area is 94.5 Å². The van der Waals surface area contributed by atoms with E-state index in [0.717, 1.165) is 5.69 Å². The van der Waals surface area contributed by atoms with Crippen molar-refractivity contribution < 1.29 is 0 Å². The Kier molecular flexibility index (Phi) is 2.72. The predicted molar refractivity (Wildman–Crippen MR) is 65.6 cm³/mol. The monoisotopic (exact) mass is 214 g/mol. The van der Waals surface area contributed by atoms with Crippen molar-refractivity contribution >= 4 is 17.3 Å². The van der Waals surface area contributed by atoms with Crippen LogP contribution in [0.4, 0.5) is 17.3 Å². The molecule has 0 saturated carbocycles. The van der Waals surface area contributed by atoms with Crippen molar-refractivity contribution in [3.05, 3.63) is 41.5 Å². The minimum Gasteiger partial charge on any atom is -0.382 e. The molecule has 0 atom stereocenters. The third-order valence-electron chi connectivity index (χ3n) is 2.46. The minimum absolute atomic E-state index is 0.422. The molecule has 0 radical (unpaired) electrons. The van der Waals surface area contributed by atoms with Crippen LogP contribution in [0, 0.1) is 13.8 Å². The highest BCUT2D eigenvalue weighted by molar-refractivity contribution is 5.58. The second-order valence-corrected chi connectivity index (χ2v) is 3.77. The zero-order valence-corrected chi connectivity index (χ0v) is 9.36. The fraction of sp³-hybridized carbons (Fsp3) is 0.167. The maximum atomic E-state index is 5.46. The Morgan fingerprint density at radius 3 is 2.44 bits per heavy atom. The van der Waals surface area contributed by atoms with Gasteiger partial charge in [-0.05, 0) is 49.2 Å². The number of benzene rings is 1. The molecule has 1 aromatic carbocycles. The first kappa shape index (κ1) is 10.4. The molecule has 2 aromatic rings. The van der Waals surface area contributed by atoms with Gasteiger partial charge in [0.05, 0.1) is 0 Å². The van der Waals surface area contributed by atoms with E-state index in [4.69, 9.17) is 5.73 Å². The average molecular weight is 214 g/mol. The van der Waals surface area contributed by atoms with Crippen molar-refractivity contribution in [2.75, 3.05) is 11.1 Å². The molecule has 0 aliphatic rings. The van der Waals surface area contributed by atoms with Crippen molar-refractivity contribution in [2.24, 2.45) is 0 Å². The van der Waals surface area contributed by atoms with Gasteiger partial charge in [0.1, 0.15) is 5.82 Å². The lowest BCUT2D eigenvalue weighted by atomic mass is 10.1. The number of hydrogen-bond donors (Lipinski definition) is 2. The summed E-state index contributed by atoms with van der Waals surface area (Å²) in [6.45, 7) is 4.16. The zero-order valence-electron chi connectivity index (χ0n) is 9.36. The molecular weight excluding hydrogens is 200 g/mol. The van der Waals surface area contributed by atoms with Crippen LogP contribution in [0.2, 0.25) is 0 Å². The molecule has 1 heterocycles. The largest absolute Gasteiger partial charge is 0.382 e. The van der Waals surface area contributed by atoms with E-state index in [1.54, 1.807) is 12.1 Å². The summed E-state index contributed by atoms with van der Waals surface area (Å²) < 4.78 is 0. The first-order valence-electron chi connectivity index (χ1n) is 5.08. The Bertz CT molecular complexity index is 491. The van der Waals surface area contributed by atoms with Gasteiger partial charge in [-0.3, -0.25) is 0 Å². The quantitative estimate of drug-likeness (QED) is 0.805. The maximum absolute atomic E-state index is 5.46. The summed E-state index contributed by atoms with van der Waals surface area (Å²) in [7, 11) is 0. The van der Waals surface area contributed by atoms with Gasteiger partial charge in [0, 0.05) is 5.69 Å². The van der Waals surface area contributed by atoms with Crippen LogP contribution in [0.15, 0.2) is 30.3 Å². The molecule has 0 aliphatic carbocycles. The number of anilines is 3. The van der Waals surface area contributed by atoms with Crippen molar-refractivity contribution in [1.29, 1.82) is 0 Å².